The Kier molecular flexibility index (Phi) is 6.38. The number of thiazole rings is 1. The molecule has 0 aliphatic carbocycles. The number of hydrogen-bond acceptors (Lipinski definition) is 7. The first-order valence-corrected chi connectivity index (χ1v) is 11.5. The molecule has 4 rings (SSSR count). The average molecular weight is 454 g/mol. The summed E-state index contributed by atoms with van der Waals surface area (Å²) >= 11 is 1.36. The zero-order valence-corrected chi connectivity index (χ0v) is 19.6. The third kappa shape index (κ3) is 4.73. The Bertz CT molecular complexity index is 1150. The van der Waals surface area contributed by atoms with Crippen molar-refractivity contribution in [1.82, 2.24) is 14.9 Å². The van der Waals surface area contributed by atoms with Crippen LogP contribution in [0.5, 0.6) is 0 Å². The number of nitrogens with zero attached hydrogens (tertiary/aromatic N) is 4. The van der Waals surface area contributed by atoms with Crippen molar-refractivity contribution in [3.8, 4) is 11.3 Å². The number of anilines is 2. The van der Waals surface area contributed by atoms with Gasteiger partial charge in [0, 0.05) is 36.5 Å². The molecule has 0 fully saturated rings. The summed E-state index contributed by atoms with van der Waals surface area (Å²) in [6.07, 6.45) is 2.18. The number of aryl methyl sites for hydroxylation is 3. The molecule has 32 heavy (non-hydrogen) atoms. The van der Waals surface area contributed by atoms with Crippen molar-refractivity contribution in [3.63, 3.8) is 0 Å². The minimum absolute atomic E-state index is 0.181. The fourth-order valence-corrected chi connectivity index (χ4v) is 4.58. The van der Waals surface area contributed by atoms with E-state index in [-0.39, 0.29) is 17.6 Å². The number of oxazole rings is 1. The SMILES string of the molecule is Cc1nc(C)c(C(=O)Nc2nc(-c3ccc4c(c3)CCC(=O)N4CCCN(C)C)cs2)o1. The number of nitrogens with one attached hydrogen (secondary N) is 1. The second kappa shape index (κ2) is 9.22. The van der Waals surface area contributed by atoms with Crippen LogP contribution >= 0.6 is 11.3 Å². The van der Waals surface area contributed by atoms with Gasteiger partial charge in [-0.2, -0.15) is 0 Å². The van der Waals surface area contributed by atoms with E-state index in [0.717, 1.165) is 48.4 Å². The zero-order valence-electron chi connectivity index (χ0n) is 18.8. The molecule has 9 heteroatoms. The van der Waals surface area contributed by atoms with Gasteiger partial charge in [0.1, 0.15) is 0 Å². The molecule has 0 spiro atoms. The van der Waals surface area contributed by atoms with Crippen molar-refractivity contribution in [2.24, 2.45) is 0 Å². The molecular weight excluding hydrogens is 426 g/mol. The third-order valence-corrected chi connectivity index (χ3v) is 6.15. The van der Waals surface area contributed by atoms with Crippen LogP contribution in [-0.2, 0) is 11.2 Å². The number of hydrogen-bond donors (Lipinski definition) is 1. The average Bonchev–Trinajstić information content (AvgIpc) is 3.34. The Morgan fingerprint density at radius 2 is 2.06 bits per heavy atom. The first-order valence-electron chi connectivity index (χ1n) is 10.6. The Morgan fingerprint density at radius 1 is 1.25 bits per heavy atom. The number of amides is 2. The number of benzene rings is 1. The summed E-state index contributed by atoms with van der Waals surface area (Å²) in [5.74, 6) is 0.477. The summed E-state index contributed by atoms with van der Waals surface area (Å²) in [4.78, 5) is 37.7. The lowest BCUT2D eigenvalue weighted by molar-refractivity contribution is -0.118. The van der Waals surface area contributed by atoms with Crippen LogP contribution in [0.2, 0.25) is 0 Å². The molecule has 2 amide bonds. The Hall–Kier alpha value is -3.04. The van der Waals surface area contributed by atoms with Crippen molar-refractivity contribution in [1.29, 1.82) is 0 Å². The minimum atomic E-state index is -0.360. The minimum Gasteiger partial charge on any atom is -0.436 e. The smallest absolute Gasteiger partial charge is 0.295 e. The number of carbonyl (C=O) groups excluding carboxylic acids is 2. The van der Waals surface area contributed by atoms with Crippen LogP contribution in [0.25, 0.3) is 11.3 Å². The van der Waals surface area contributed by atoms with Gasteiger partial charge in [-0.25, -0.2) is 9.97 Å². The van der Waals surface area contributed by atoms with Gasteiger partial charge < -0.3 is 14.2 Å². The number of carbonyl (C=O) groups is 2. The molecule has 8 nitrogen and oxygen atoms in total. The van der Waals surface area contributed by atoms with Crippen molar-refractivity contribution >= 4 is 34.0 Å². The summed E-state index contributed by atoms with van der Waals surface area (Å²) in [5.41, 5.74) is 4.45. The predicted molar refractivity (Wildman–Crippen MR) is 125 cm³/mol. The van der Waals surface area contributed by atoms with Gasteiger partial charge in [-0.1, -0.05) is 6.07 Å². The van der Waals surface area contributed by atoms with Gasteiger partial charge in [0.15, 0.2) is 11.0 Å². The lowest BCUT2D eigenvalue weighted by Gasteiger charge is -2.30. The highest BCUT2D eigenvalue weighted by atomic mass is 32.1. The van der Waals surface area contributed by atoms with E-state index in [9.17, 15) is 9.59 Å². The molecule has 1 aliphatic heterocycles. The van der Waals surface area contributed by atoms with Gasteiger partial charge in [-0.3, -0.25) is 14.9 Å². The number of fused-ring (bicyclic) bond motifs is 1. The summed E-state index contributed by atoms with van der Waals surface area (Å²) in [7, 11) is 4.08. The lowest BCUT2D eigenvalue weighted by Crippen LogP contribution is -2.36. The van der Waals surface area contributed by atoms with Crippen molar-refractivity contribution in [3.05, 3.63) is 46.5 Å². The van der Waals surface area contributed by atoms with Gasteiger partial charge in [-0.15, -0.1) is 11.3 Å². The van der Waals surface area contributed by atoms with E-state index in [4.69, 9.17) is 4.42 Å². The van der Waals surface area contributed by atoms with Gasteiger partial charge >= 0.3 is 0 Å². The largest absolute Gasteiger partial charge is 0.436 e. The second-order valence-electron chi connectivity index (χ2n) is 8.19. The molecule has 168 valence electrons. The van der Waals surface area contributed by atoms with E-state index in [1.165, 1.54) is 11.3 Å². The van der Waals surface area contributed by atoms with Gasteiger partial charge in [0.2, 0.25) is 11.7 Å². The van der Waals surface area contributed by atoms with Crippen LogP contribution in [0.3, 0.4) is 0 Å². The quantitative estimate of drug-likeness (QED) is 0.583. The van der Waals surface area contributed by atoms with Crippen molar-refractivity contribution in [2.45, 2.75) is 33.1 Å². The molecule has 0 saturated heterocycles. The highest BCUT2D eigenvalue weighted by Gasteiger charge is 2.24. The molecule has 3 heterocycles. The maximum atomic E-state index is 12.5. The molecule has 0 atom stereocenters. The van der Waals surface area contributed by atoms with Gasteiger partial charge in [0.05, 0.1) is 11.4 Å². The van der Waals surface area contributed by atoms with Crippen molar-refractivity contribution < 1.29 is 14.0 Å². The predicted octanol–water partition coefficient (Wildman–Crippen LogP) is 3.90. The monoisotopic (exact) mass is 453 g/mol. The van der Waals surface area contributed by atoms with Crippen LogP contribution < -0.4 is 10.2 Å². The first-order chi connectivity index (χ1) is 15.3. The molecule has 0 unspecified atom stereocenters. The Labute approximate surface area is 191 Å². The van der Waals surface area contributed by atoms with E-state index in [2.05, 4.69) is 26.3 Å². The first kappa shape index (κ1) is 22.2. The van der Waals surface area contributed by atoms with Gasteiger partial charge in [0.25, 0.3) is 5.91 Å². The molecule has 1 aromatic carbocycles. The summed E-state index contributed by atoms with van der Waals surface area (Å²) in [6.45, 7) is 5.10. The van der Waals surface area contributed by atoms with Crippen molar-refractivity contribution in [2.75, 3.05) is 37.4 Å². The van der Waals surface area contributed by atoms with E-state index < -0.39 is 0 Å². The maximum Gasteiger partial charge on any atom is 0.295 e. The normalized spacial score (nSPS) is 13.5. The zero-order chi connectivity index (χ0) is 22.8. The summed E-state index contributed by atoms with van der Waals surface area (Å²) in [6, 6.07) is 6.10. The fraction of sp³-hybridized carbons (Fsp3) is 0.391. The summed E-state index contributed by atoms with van der Waals surface area (Å²) < 4.78 is 5.38. The lowest BCUT2D eigenvalue weighted by atomic mass is 9.97. The highest BCUT2D eigenvalue weighted by Crippen LogP contribution is 2.33. The molecule has 0 saturated carbocycles. The molecule has 3 aromatic rings. The molecule has 1 N–H and O–H groups in total. The molecule has 2 aromatic heterocycles. The van der Waals surface area contributed by atoms with E-state index in [1.807, 2.05) is 36.5 Å². The second-order valence-corrected chi connectivity index (χ2v) is 9.04. The maximum absolute atomic E-state index is 12.5. The fourth-order valence-electron chi connectivity index (χ4n) is 3.87. The highest BCUT2D eigenvalue weighted by molar-refractivity contribution is 7.14. The Morgan fingerprint density at radius 3 is 2.78 bits per heavy atom. The van der Waals surface area contributed by atoms with E-state index in [0.29, 0.717) is 23.1 Å². The van der Waals surface area contributed by atoms with E-state index in [1.54, 1.807) is 13.8 Å². The Balaban J connectivity index is 1.49. The van der Waals surface area contributed by atoms with Crippen LogP contribution in [0.4, 0.5) is 10.8 Å². The summed E-state index contributed by atoms with van der Waals surface area (Å²) in [5, 5.41) is 5.20. The number of aromatic nitrogens is 2. The standard InChI is InChI=1S/C23H27N5O3S/c1-14-21(31-15(2)24-14)22(30)26-23-25-18(13-32-23)16-6-8-19-17(12-16)7-9-20(29)28(19)11-5-10-27(3)4/h6,8,12-13H,5,7,9-11H2,1-4H3,(H,25,26,30). The molecule has 0 radical (unpaired) electrons. The topological polar surface area (TPSA) is 91.6 Å². The molecule has 0 bridgehead atoms. The van der Waals surface area contributed by atoms with Crippen LogP contribution in [0.15, 0.2) is 28.0 Å². The third-order valence-electron chi connectivity index (χ3n) is 5.40. The van der Waals surface area contributed by atoms with E-state index >= 15 is 0 Å². The van der Waals surface area contributed by atoms with Gasteiger partial charge in [-0.05, 0) is 58.1 Å². The molecule has 1 aliphatic rings. The number of rotatable bonds is 7. The molecular formula is C23H27N5O3S. The van der Waals surface area contributed by atoms with Crippen LogP contribution in [-0.4, -0.2) is 53.9 Å². The van der Waals surface area contributed by atoms with Crippen LogP contribution in [0, 0.1) is 13.8 Å². The van der Waals surface area contributed by atoms with Crippen LogP contribution in [0.1, 0.15) is 40.5 Å².